The fourth-order valence-corrected chi connectivity index (χ4v) is 3.80. The van der Waals surface area contributed by atoms with E-state index in [1.807, 2.05) is 61.6 Å². The van der Waals surface area contributed by atoms with Crippen LogP contribution >= 0.6 is 0 Å². The van der Waals surface area contributed by atoms with Crippen LogP contribution in [0.1, 0.15) is 30.5 Å². The monoisotopic (exact) mass is 395 g/mol. The van der Waals surface area contributed by atoms with Crippen LogP contribution in [0.4, 0.5) is 5.69 Å². The van der Waals surface area contributed by atoms with E-state index in [0.717, 1.165) is 24.1 Å². The highest BCUT2D eigenvalue weighted by molar-refractivity contribution is 5.91. The summed E-state index contributed by atoms with van der Waals surface area (Å²) in [5, 5.41) is 12.7. The smallest absolute Gasteiger partial charge is 0.227 e. The second-order valence-corrected chi connectivity index (χ2v) is 7.65. The van der Waals surface area contributed by atoms with Gasteiger partial charge in [0.05, 0.1) is 18.6 Å². The Morgan fingerprint density at radius 2 is 1.86 bits per heavy atom. The number of aliphatic hydroxyl groups is 1. The molecule has 2 atom stereocenters. The maximum absolute atomic E-state index is 13.1. The maximum atomic E-state index is 13.1. The summed E-state index contributed by atoms with van der Waals surface area (Å²) in [6.45, 7) is 3.60. The lowest BCUT2D eigenvalue weighted by Crippen LogP contribution is -2.39. The molecule has 1 fully saturated rings. The van der Waals surface area contributed by atoms with Gasteiger partial charge in [0.1, 0.15) is 0 Å². The highest BCUT2D eigenvalue weighted by Crippen LogP contribution is 2.25. The predicted octanol–water partition coefficient (Wildman–Crippen LogP) is 2.45. The number of aliphatic hydroxyl groups excluding tert-OH is 1. The number of rotatable bonds is 7. The van der Waals surface area contributed by atoms with E-state index in [0.29, 0.717) is 18.8 Å². The number of β-amino-alcohol motifs (C(OH)–C–C–N with tert-alkyl or cyclic N) is 1. The van der Waals surface area contributed by atoms with E-state index < -0.39 is 0 Å². The second kappa shape index (κ2) is 9.67. The first-order chi connectivity index (χ1) is 13.9. The molecule has 154 valence electrons. The first-order valence-corrected chi connectivity index (χ1v) is 10.0. The molecule has 0 bridgehead atoms. The molecule has 2 aromatic carbocycles. The minimum Gasteiger partial charge on any atom is -0.392 e. The van der Waals surface area contributed by atoms with Gasteiger partial charge in [0.15, 0.2) is 0 Å². The van der Waals surface area contributed by atoms with E-state index in [2.05, 4.69) is 10.2 Å². The number of carbonyl (C=O) groups excluding carboxylic acids is 2. The van der Waals surface area contributed by atoms with Crippen molar-refractivity contribution in [2.45, 2.75) is 31.9 Å². The molecular weight excluding hydrogens is 366 g/mol. The van der Waals surface area contributed by atoms with Crippen LogP contribution in [0.15, 0.2) is 54.6 Å². The van der Waals surface area contributed by atoms with Crippen molar-refractivity contribution in [3.8, 4) is 0 Å². The number of likely N-dealkylation sites (tertiary alicyclic amines) is 1. The van der Waals surface area contributed by atoms with Gasteiger partial charge < -0.3 is 15.3 Å². The molecule has 3 rings (SSSR count). The molecule has 2 N–H and O–H groups in total. The van der Waals surface area contributed by atoms with Crippen LogP contribution in [0.3, 0.4) is 0 Å². The molecule has 0 aromatic heterocycles. The van der Waals surface area contributed by atoms with Crippen molar-refractivity contribution in [3.63, 3.8) is 0 Å². The number of para-hydroxylation sites is 1. The van der Waals surface area contributed by atoms with Crippen molar-refractivity contribution < 1.29 is 14.7 Å². The van der Waals surface area contributed by atoms with Gasteiger partial charge in [0.25, 0.3) is 0 Å². The van der Waals surface area contributed by atoms with E-state index in [9.17, 15) is 14.7 Å². The highest BCUT2D eigenvalue weighted by atomic mass is 16.3. The van der Waals surface area contributed by atoms with Gasteiger partial charge in [-0.3, -0.25) is 14.5 Å². The molecule has 1 unspecified atom stereocenters. The molecule has 1 aliphatic heterocycles. The number of hydrogen-bond donors (Lipinski definition) is 2. The SMILES string of the molecule is CC(=O)Nc1ccccc1CC(=O)N(C)C(CN1CC[C@@H](O)C1)c1ccccc1. The average molecular weight is 396 g/mol. The summed E-state index contributed by atoms with van der Waals surface area (Å²) < 4.78 is 0. The third-order valence-electron chi connectivity index (χ3n) is 5.39. The number of anilines is 1. The van der Waals surface area contributed by atoms with Crippen molar-refractivity contribution in [2.24, 2.45) is 0 Å². The minimum atomic E-state index is -0.294. The van der Waals surface area contributed by atoms with Gasteiger partial charge in [0, 0.05) is 39.3 Å². The van der Waals surface area contributed by atoms with Crippen LogP contribution in [-0.4, -0.2) is 59.5 Å². The number of hydrogen-bond acceptors (Lipinski definition) is 4. The van der Waals surface area contributed by atoms with Gasteiger partial charge in [-0.1, -0.05) is 48.5 Å². The third-order valence-corrected chi connectivity index (χ3v) is 5.39. The molecule has 29 heavy (non-hydrogen) atoms. The largest absolute Gasteiger partial charge is 0.392 e. The van der Waals surface area contributed by atoms with Crippen molar-refractivity contribution in [2.75, 3.05) is 32.0 Å². The van der Waals surface area contributed by atoms with Crippen molar-refractivity contribution in [1.29, 1.82) is 0 Å². The Kier molecular flexibility index (Phi) is 7.01. The molecule has 0 saturated carbocycles. The molecular formula is C23H29N3O3. The Bertz CT molecular complexity index is 840. The van der Waals surface area contributed by atoms with E-state index in [4.69, 9.17) is 0 Å². The van der Waals surface area contributed by atoms with Gasteiger partial charge in [-0.05, 0) is 23.6 Å². The Balaban J connectivity index is 1.77. The number of amides is 2. The highest BCUT2D eigenvalue weighted by Gasteiger charge is 2.28. The topological polar surface area (TPSA) is 72.9 Å². The van der Waals surface area contributed by atoms with E-state index in [1.165, 1.54) is 6.92 Å². The Morgan fingerprint density at radius 3 is 2.52 bits per heavy atom. The molecule has 6 nitrogen and oxygen atoms in total. The van der Waals surface area contributed by atoms with Gasteiger partial charge in [-0.15, -0.1) is 0 Å². The van der Waals surface area contributed by atoms with Crippen molar-refractivity contribution >= 4 is 17.5 Å². The Morgan fingerprint density at radius 1 is 1.17 bits per heavy atom. The normalized spacial score (nSPS) is 17.7. The fourth-order valence-electron chi connectivity index (χ4n) is 3.80. The van der Waals surface area contributed by atoms with E-state index in [1.54, 1.807) is 4.90 Å². The number of likely N-dealkylation sites (N-methyl/N-ethyl adjacent to an activating group) is 1. The molecule has 6 heteroatoms. The molecule has 0 spiro atoms. The lowest BCUT2D eigenvalue weighted by atomic mass is 10.0. The number of nitrogens with zero attached hydrogens (tertiary/aromatic N) is 2. The summed E-state index contributed by atoms with van der Waals surface area (Å²) in [7, 11) is 1.83. The Hall–Kier alpha value is -2.70. The molecule has 1 saturated heterocycles. The van der Waals surface area contributed by atoms with Gasteiger partial charge >= 0.3 is 0 Å². The molecule has 1 aliphatic rings. The molecule has 1 heterocycles. The van der Waals surface area contributed by atoms with Crippen LogP contribution in [-0.2, 0) is 16.0 Å². The van der Waals surface area contributed by atoms with Crippen LogP contribution in [0.5, 0.6) is 0 Å². The lowest BCUT2D eigenvalue weighted by Gasteiger charge is -2.32. The average Bonchev–Trinajstić information content (AvgIpc) is 3.12. The molecule has 2 amide bonds. The van der Waals surface area contributed by atoms with Gasteiger partial charge in [-0.2, -0.15) is 0 Å². The zero-order valence-electron chi connectivity index (χ0n) is 17.0. The summed E-state index contributed by atoms with van der Waals surface area (Å²) in [6, 6.07) is 17.3. The minimum absolute atomic E-state index is 0.0172. The molecule has 0 radical (unpaired) electrons. The van der Waals surface area contributed by atoms with Crippen LogP contribution in [0, 0.1) is 0 Å². The predicted molar refractivity (Wildman–Crippen MR) is 113 cm³/mol. The van der Waals surface area contributed by atoms with E-state index >= 15 is 0 Å². The van der Waals surface area contributed by atoms with Gasteiger partial charge in [-0.25, -0.2) is 0 Å². The van der Waals surface area contributed by atoms with Crippen molar-refractivity contribution in [3.05, 3.63) is 65.7 Å². The summed E-state index contributed by atoms with van der Waals surface area (Å²) in [6.07, 6.45) is 0.680. The fraction of sp³-hybridized carbons (Fsp3) is 0.391. The first-order valence-electron chi connectivity index (χ1n) is 10.0. The summed E-state index contributed by atoms with van der Waals surface area (Å²) in [5.41, 5.74) is 2.53. The lowest BCUT2D eigenvalue weighted by molar-refractivity contribution is -0.131. The standard InChI is InChI=1S/C23H29N3O3/c1-17(27)24-21-11-7-6-10-19(21)14-23(29)25(2)22(18-8-4-3-5-9-18)16-26-13-12-20(28)15-26/h3-11,20,22,28H,12-16H2,1-2H3,(H,24,27)/t20-,22?/m1/s1. The number of carbonyl (C=O) groups is 2. The number of nitrogens with one attached hydrogen (secondary N) is 1. The Labute approximate surface area is 172 Å². The second-order valence-electron chi connectivity index (χ2n) is 7.65. The maximum Gasteiger partial charge on any atom is 0.227 e. The summed E-state index contributed by atoms with van der Waals surface area (Å²) in [5.74, 6) is -0.176. The van der Waals surface area contributed by atoms with Gasteiger partial charge in [0.2, 0.25) is 11.8 Å². The van der Waals surface area contributed by atoms with Crippen molar-refractivity contribution in [1.82, 2.24) is 9.80 Å². The van der Waals surface area contributed by atoms with E-state index in [-0.39, 0.29) is 30.4 Å². The zero-order chi connectivity index (χ0) is 20.8. The summed E-state index contributed by atoms with van der Waals surface area (Å²) >= 11 is 0. The zero-order valence-corrected chi connectivity index (χ0v) is 17.0. The summed E-state index contributed by atoms with van der Waals surface area (Å²) in [4.78, 5) is 28.6. The molecule has 0 aliphatic carbocycles. The third kappa shape index (κ3) is 5.65. The van der Waals surface area contributed by atoms with Crippen LogP contribution in [0.2, 0.25) is 0 Å². The van der Waals surface area contributed by atoms with Crippen LogP contribution < -0.4 is 5.32 Å². The quantitative estimate of drug-likeness (QED) is 0.755. The number of benzene rings is 2. The van der Waals surface area contributed by atoms with Crippen LogP contribution in [0.25, 0.3) is 0 Å². The first kappa shape index (κ1) is 21.0. The molecule has 2 aromatic rings.